The first kappa shape index (κ1) is 19.6. The normalized spacial score (nSPS) is 14.9. The van der Waals surface area contributed by atoms with Crippen molar-refractivity contribution in [1.29, 1.82) is 0 Å². The SMILES string of the molecule is C=C(C)C(=O)Oc1cc(C)cc(-c2cccc3c2CCC3OC(=O)C(=C)C)c1. The molecule has 2 aromatic rings. The van der Waals surface area contributed by atoms with Crippen molar-refractivity contribution in [3.05, 3.63) is 77.4 Å². The first-order valence-electron chi connectivity index (χ1n) is 9.24. The second kappa shape index (κ2) is 7.85. The van der Waals surface area contributed by atoms with E-state index >= 15 is 0 Å². The monoisotopic (exact) mass is 376 g/mol. The Morgan fingerprint density at radius 3 is 2.43 bits per heavy atom. The molecular formula is C24H24O4. The lowest BCUT2D eigenvalue weighted by Crippen LogP contribution is -2.09. The maximum Gasteiger partial charge on any atom is 0.338 e. The molecule has 0 amide bonds. The summed E-state index contributed by atoms with van der Waals surface area (Å²) in [5.74, 6) is -0.321. The summed E-state index contributed by atoms with van der Waals surface area (Å²) in [6, 6.07) is 11.7. The van der Waals surface area contributed by atoms with Crippen LogP contribution in [0.5, 0.6) is 5.75 Å². The van der Waals surface area contributed by atoms with Crippen molar-refractivity contribution >= 4 is 11.9 Å². The van der Waals surface area contributed by atoms with Crippen LogP contribution in [0.3, 0.4) is 0 Å². The number of aryl methyl sites for hydroxylation is 1. The van der Waals surface area contributed by atoms with Crippen molar-refractivity contribution in [3.8, 4) is 16.9 Å². The van der Waals surface area contributed by atoms with Gasteiger partial charge in [0.05, 0.1) is 0 Å². The van der Waals surface area contributed by atoms with Gasteiger partial charge in [0.2, 0.25) is 0 Å². The maximum absolute atomic E-state index is 11.9. The van der Waals surface area contributed by atoms with Crippen LogP contribution >= 0.6 is 0 Å². The zero-order chi connectivity index (χ0) is 20.4. The van der Waals surface area contributed by atoms with Crippen LogP contribution in [0.1, 0.15) is 43.1 Å². The third-order valence-electron chi connectivity index (χ3n) is 4.73. The highest BCUT2D eigenvalue weighted by atomic mass is 16.5. The molecule has 0 bridgehead atoms. The summed E-state index contributed by atoms with van der Waals surface area (Å²) >= 11 is 0. The van der Waals surface area contributed by atoms with Gasteiger partial charge in [-0.05, 0) is 73.6 Å². The van der Waals surface area contributed by atoms with E-state index in [2.05, 4.69) is 19.2 Å². The number of rotatable bonds is 5. The summed E-state index contributed by atoms with van der Waals surface area (Å²) < 4.78 is 11.0. The third kappa shape index (κ3) is 4.06. The average molecular weight is 376 g/mol. The summed E-state index contributed by atoms with van der Waals surface area (Å²) in [6.07, 6.45) is 1.30. The lowest BCUT2D eigenvalue weighted by molar-refractivity contribution is -0.144. The Labute approximate surface area is 165 Å². The quantitative estimate of drug-likeness (QED) is 0.406. The molecule has 1 atom stereocenters. The zero-order valence-corrected chi connectivity index (χ0v) is 16.5. The van der Waals surface area contributed by atoms with Gasteiger partial charge >= 0.3 is 11.9 Å². The molecule has 0 spiro atoms. The van der Waals surface area contributed by atoms with Gasteiger partial charge in [-0.15, -0.1) is 0 Å². The van der Waals surface area contributed by atoms with E-state index in [0.717, 1.165) is 40.7 Å². The van der Waals surface area contributed by atoms with Gasteiger partial charge in [0.1, 0.15) is 11.9 Å². The molecular weight excluding hydrogens is 352 g/mol. The first-order chi connectivity index (χ1) is 13.3. The number of fused-ring (bicyclic) bond motifs is 1. The molecule has 0 aliphatic heterocycles. The van der Waals surface area contributed by atoms with E-state index in [-0.39, 0.29) is 12.1 Å². The van der Waals surface area contributed by atoms with Gasteiger partial charge in [-0.1, -0.05) is 37.4 Å². The molecule has 2 aromatic carbocycles. The fourth-order valence-electron chi connectivity index (χ4n) is 3.40. The van der Waals surface area contributed by atoms with Crippen molar-refractivity contribution in [1.82, 2.24) is 0 Å². The van der Waals surface area contributed by atoms with Crippen molar-refractivity contribution in [3.63, 3.8) is 0 Å². The summed E-state index contributed by atoms with van der Waals surface area (Å²) in [5.41, 5.74) is 5.94. The van der Waals surface area contributed by atoms with E-state index in [1.54, 1.807) is 13.8 Å². The Bertz CT molecular complexity index is 984. The molecule has 0 saturated heterocycles. The van der Waals surface area contributed by atoms with Crippen LogP contribution in [0.2, 0.25) is 0 Å². The first-order valence-corrected chi connectivity index (χ1v) is 9.24. The average Bonchev–Trinajstić information content (AvgIpc) is 3.04. The standard InChI is InChI=1S/C24H24O4/c1-14(2)23(25)27-18-12-16(5)11-17(13-18)19-7-6-8-21-20(19)9-10-22(21)28-24(26)15(3)4/h6-8,11-13,22H,1,3,9-10H2,2,4-5H3. The van der Waals surface area contributed by atoms with E-state index in [0.29, 0.717) is 16.9 Å². The molecule has 0 aromatic heterocycles. The smallest absolute Gasteiger partial charge is 0.338 e. The number of hydrogen-bond donors (Lipinski definition) is 0. The highest BCUT2D eigenvalue weighted by Gasteiger charge is 2.28. The predicted molar refractivity (Wildman–Crippen MR) is 109 cm³/mol. The molecule has 144 valence electrons. The van der Waals surface area contributed by atoms with Crippen LogP contribution in [0.15, 0.2) is 60.7 Å². The Morgan fingerprint density at radius 2 is 1.75 bits per heavy atom. The van der Waals surface area contributed by atoms with Crippen molar-refractivity contribution in [2.45, 2.75) is 39.7 Å². The van der Waals surface area contributed by atoms with Gasteiger partial charge in [0.25, 0.3) is 0 Å². The Morgan fingerprint density at radius 1 is 1.04 bits per heavy atom. The van der Waals surface area contributed by atoms with Crippen molar-refractivity contribution in [2.75, 3.05) is 0 Å². The summed E-state index contributed by atoms with van der Waals surface area (Å²) in [7, 11) is 0. The van der Waals surface area contributed by atoms with Crippen LogP contribution in [-0.4, -0.2) is 11.9 Å². The molecule has 0 radical (unpaired) electrons. The molecule has 4 heteroatoms. The predicted octanol–water partition coefficient (Wildman–Crippen LogP) is 5.25. The van der Waals surface area contributed by atoms with Crippen molar-refractivity contribution in [2.24, 2.45) is 0 Å². The highest BCUT2D eigenvalue weighted by Crippen LogP contribution is 2.40. The van der Waals surface area contributed by atoms with Gasteiger partial charge in [0.15, 0.2) is 0 Å². The number of carbonyl (C=O) groups is 2. The number of carbonyl (C=O) groups excluding carboxylic acids is 2. The molecule has 3 rings (SSSR count). The zero-order valence-electron chi connectivity index (χ0n) is 16.5. The number of ether oxygens (including phenoxy) is 2. The van der Waals surface area contributed by atoms with E-state index in [4.69, 9.17) is 9.47 Å². The molecule has 1 unspecified atom stereocenters. The van der Waals surface area contributed by atoms with E-state index < -0.39 is 5.97 Å². The lowest BCUT2D eigenvalue weighted by atomic mass is 9.95. The van der Waals surface area contributed by atoms with Gasteiger partial charge in [0, 0.05) is 11.1 Å². The summed E-state index contributed by atoms with van der Waals surface area (Å²) in [4.78, 5) is 23.8. The Kier molecular flexibility index (Phi) is 5.50. The minimum absolute atomic E-state index is 0.260. The van der Waals surface area contributed by atoms with Gasteiger partial charge in [-0.3, -0.25) is 0 Å². The van der Waals surface area contributed by atoms with E-state index in [9.17, 15) is 9.59 Å². The maximum atomic E-state index is 11.9. The van der Waals surface area contributed by atoms with Crippen LogP contribution in [0.4, 0.5) is 0 Å². The number of esters is 2. The Balaban J connectivity index is 1.96. The van der Waals surface area contributed by atoms with E-state index in [1.807, 2.05) is 37.3 Å². The largest absolute Gasteiger partial charge is 0.454 e. The van der Waals surface area contributed by atoms with E-state index in [1.165, 1.54) is 0 Å². The third-order valence-corrected chi connectivity index (χ3v) is 4.73. The van der Waals surface area contributed by atoms with Gasteiger partial charge in [-0.2, -0.15) is 0 Å². The fraction of sp³-hybridized carbons (Fsp3) is 0.250. The molecule has 0 saturated carbocycles. The molecule has 4 nitrogen and oxygen atoms in total. The summed E-state index contributed by atoms with van der Waals surface area (Å²) in [5, 5.41) is 0. The Hall–Kier alpha value is -3.14. The fourth-order valence-corrected chi connectivity index (χ4v) is 3.40. The molecule has 1 aliphatic carbocycles. The lowest BCUT2D eigenvalue weighted by Gasteiger charge is -2.15. The van der Waals surface area contributed by atoms with Gasteiger partial charge in [-0.25, -0.2) is 9.59 Å². The second-order valence-electron chi connectivity index (χ2n) is 7.29. The molecule has 0 N–H and O–H groups in total. The van der Waals surface area contributed by atoms with Gasteiger partial charge < -0.3 is 9.47 Å². The minimum atomic E-state index is -0.443. The molecule has 1 aliphatic rings. The molecule has 0 fully saturated rings. The summed E-state index contributed by atoms with van der Waals surface area (Å²) in [6.45, 7) is 12.5. The van der Waals surface area contributed by atoms with Crippen LogP contribution in [0.25, 0.3) is 11.1 Å². The molecule has 28 heavy (non-hydrogen) atoms. The topological polar surface area (TPSA) is 52.6 Å². The number of benzene rings is 2. The van der Waals surface area contributed by atoms with Crippen molar-refractivity contribution < 1.29 is 19.1 Å². The molecule has 0 heterocycles. The highest BCUT2D eigenvalue weighted by molar-refractivity contribution is 5.89. The van der Waals surface area contributed by atoms with Crippen LogP contribution in [-0.2, 0) is 20.7 Å². The minimum Gasteiger partial charge on any atom is -0.454 e. The second-order valence-corrected chi connectivity index (χ2v) is 7.29. The van der Waals surface area contributed by atoms with Crippen LogP contribution < -0.4 is 4.74 Å². The van der Waals surface area contributed by atoms with Crippen LogP contribution in [0, 0.1) is 6.92 Å². The number of hydrogen-bond acceptors (Lipinski definition) is 4.